The van der Waals surface area contributed by atoms with E-state index in [2.05, 4.69) is 31.4 Å². The van der Waals surface area contributed by atoms with Crippen molar-refractivity contribution in [1.82, 2.24) is 4.98 Å². The summed E-state index contributed by atoms with van der Waals surface area (Å²) in [7, 11) is 0. The third-order valence-corrected chi connectivity index (χ3v) is 3.30. The van der Waals surface area contributed by atoms with E-state index in [1.54, 1.807) is 24.4 Å². The maximum absolute atomic E-state index is 13.2. The van der Waals surface area contributed by atoms with E-state index in [1.807, 2.05) is 0 Å². The van der Waals surface area contributed by atoms with E-state index in [9.17, 15) is 4.39 Å². The molecule has 5 nitrogen and oxygen atoms in total. The van der Waals surface area contributed by atoms with Crippen LogP contribution in [-0.4, -0.2) is 16.0 Å². The summed E-state index contributed by atoms with van der Waals surface area (Å²) >= 11 is 3.34. The lowest BCUT2D eigenvalue weighted by Gasteiger charge is -2.09. The van der Waals surface area contributed by atoms with E-state index in [4.69, 9.17) is 10.9 Å². The van der Waals surface area contributed by atoms with Gasteiger partial charge in [0.2, 0.25) is 0 Å². The first-order chi connectivity index (χ1) is 9.60. The van der Waals surface area contributed by atoms with Crippen LogP contribution in [0, 0.1) is 5.82 Å². The zero-order valence-electron chi connectivity index (χ0n) is 10.3. The highest BCUT2D eigenvalue weighted by Crippen LogP contribution is 2.23. The van der Waals surface area contributed by atoms with Crippen molar-refractivity contribution in [3.05, 3.63) is 58.1 Å². The first kappa shape index (κ1) is 14.3. The Labute approximate surface area is 123 Å². The van der Waals surface area contributed by atoms with Crippen molar-refractivity contribution in [2.75, 3.05) is 5.32 Å². The quantitative estimate of drug-likeness (QED) is 0.346. The predicted molar refractivity (Wildman–Crippen MR) is 78.2 cm³/mol. The number of oxime groups is 1. The molecule has 4 N–H and O–H groups in total. The molecular weight excluding hydrogens is 327 g/mol. The first-order valence-corrected chi connectivity index (χ1v) is 6.51. The van der Waals surface area contributed by atoms with Crippen LogP contribution in [0.4, 0.5) is 10.1 Å². The molecule has 20 heavy (non-hydrogen) atoms. The number of halogens is 2. The van der Waals surface area contributed by atoms with E-state index in [0.717, 1.165) is 10.0 Å². The number of nitrogens with one attached hydrogen (secondary N) is 1. The van der Waals surface area contributed by atoms with Crippen LogP contribution in [0.3, 0.4) is 0 Å². The van der Waals surface area contributed by atoms with Gasteiger partial charge in [0.25, 0.3) is 0 Å². The number of benzene rings is 1. The van der Waals surface area contributed by atoms with Gasteiger partial charge in [-0.1, -0.05) is 5.16 Å². The Morgan fingerprint density at radius 2 is 2.20 bits per heavy atom. The maximum Gasteiger partial charge on any atom is 0.188 e. The maximum atomic E-state index is 13.2. The number of nitrogens with zero attached hydrogens (tertiary/aromatic N) is 2. The number of rotatable bonds is 4. The summed E-state index contributed by atoms with van der Waals surface area (Å²) in [6, 6.07) is 7.88. The van der Waals surface area contributed by atoms with Crippen LogP contribution >= 0.6 is 15.9 Å². The fourth-order valence-corrected chi connectivity index (χ4v) is 1.99. The number of nitrogens with two attached hydrogens (primary N) is 1. The molecule has 104 valence electrons. The molecule has 0 fully saturated rings. The fourth-order valence-electron chi connectivity index (χ4n) is 1.61. The Hall–Kier alpha value is -2.15. The average Bonchev–Trinajstić information content (AvgIpc) is 2.47. The zero-order valence-corrected chi connectivity index (χ0v) is 11.9. The molecule has 2 aromatic rings. The Morgan fingerprint density at radius 3 is 2.95 bits per heavy atom. The molecule has 2 rings (SSSR count). The minimum absolute atomic E-state index is 0.0567. The Kier molecular flexibility index (Phi) is 4.52. The minimum Gasteiger partial charge on any atom is -0.409 e. The van der Waals surface area contributed by atoms with Gasteiger partial charge in [0.05, 0.1) is 5.69 Å². The molecule has 1 heterocycles. The van der Waals surface area contributed by atoms with Crippen molar-refractivity contribution in [3.8, 4) is 0 Å². The van der Waals surface area contributed by atoms with Crippen LogP contribution in [0.5, 0.6) is 0 Å². The number of amidine groups is 1. The minimum atomic E-state index is -0.317. The highest BCUT2D eigenvalue weighted by Gasteiger charge is 2.04. The van der Waals surface area contributed by atoms with E-state index in [-0.39, 0.29) is 11.7 Å². The molecule has 1 aromatic carbocycles. The van der Waals surface area contributed by atoms with Crippen molar-refractivity contribution in [2.24, 2.45) is 10.9 Å². The SMILES string of the molecule is N/C(=N/O)c1cc(CNc2cc(F)ccc2Br)ccn1. The van der Waals surface area contributed by atoms with Crippen molar-refractivity contribution < 1.29 is 9.60 Å². The molecule has 0 atom stereocenters. The third kappa shape index (κ3) is 3.45. The van der Waals surface area contributed by atoms with Gasteiger partial charge < -0.3 is 16.3 Å². The third-order valence-electron chi connectivity index (χ3n) is 2.61. The second-order valence-electron chi connectivity index (χ2n) is 4.01. The van der Waals surface area contributed by atoms with Crippen LogP contribution in [0.25, 0.3) is 0 Å². The van der Waals surface area contributed by atoms with Crippen molar-refractivity contribution in [2.45, 2.75) is 6.54 Å². The second kappa shape index (κ2) is 6.33. The van der Waals surface area contributed by atoms with E-state index >= 15 is 0 Å². The van der Waals surface area contributed by atoms with E-state index in [1.165, 1.54) is 12.1 Å². The van der Waals surface area contributed by atoms with Gasteiger partial charge >= 0.3 is 0 Å². The normalized spacial score (nSPS) is 11.4. The largest absolute Gasteiger partial charge is 0.409 e. The number of aromatic nitrogens is 1. The molecule has 0 aliphatic rings. The molecule has 1 aromatic heterocycles. The van der Waals surface area contributed by atoms with E-state index in [0.29, 0.717) is 17.9 Å². The standard InChI is InChI=1S/C13H12BrFN4O/c14-10-2-1-9(15)6-11(10)18-7-8-3-4-17-12(5-8)13(16)19-20/h1-6,18,20H,7H2,(H2,16,19). The molecule has 7 heteroatoms. The first-order valence-electron chi connectivity index (χ1n) is 5.72. The monoisotopic (exact) mass is 338 g/mol. The van der Waals surface area contributed by atoms with Crippen molar-refractivity contribution in [1.29, 1.82) is 0 Å². The van der Waals surface area contributed by atoms with E-state index < -0.39 is 0 Å². The number of hydrogen-bond donors (Lipinski definition) is 3. The summed E-state index contributed by atoms with van der Waals surface area (Å²) in [6.45, 7) is 0.455. The van der Waals surface area contributed by atoms with Crippen LogP contribution in [0.2, 0.25) is 0 Å². The van der Waals surface area contributed by atoms with Crippen LogP contribution < -0.4 is 11.1 Å². The van der Waals surface area contributed by atoms with Gasteiger partial charge in [-0.3, -0.25) is 4.98 Å². The van der Waals surface area contributed by atoms with Gasteiger partial charge in [0.1, 0.15) is 11.5 Å². The summed E-state index contributed by atoms with van der Waals surface area (Å²) in [5.74, 6) is -0.374. The van der Waals surface area contributed by atoms with Crippen LogP contribution in [0.15, 0.2) is 46.2 Å². The zero-order chi connectivity index (χ0) is 14.5. The lowest BCUT2D eigenvalue weighted by Crippen LogP contribution is -2.15. The molecule has 0 amide bonds. The molecule has 0 bridgehead atoms. The molecule has 0 aliphatic heterocycles. The van der Waals surface area contributed by atoms with Gasteiger partial charge in [-0.05, 0) is 51.8 Å². The Balaban J connectivity index is 2.13. The van der Waals surface area contributed by atoms with Crippen LogP contribution in [-0.2, 0) is 6.54 Å². The summed E-state index contributed by atoms with van der Waals surface area (Å²) < 4.78 is 13.9. The predicted octanol–water partition coefficient (Wildman–Crippen LogP) is 2.69. The fraction of sp³-hybridized carbons (Fsp3) is 0.0769. The lowest BCUT2D eigenvalue weighted by atomic mass is 10.2. The van der Waals surface area contributed by atoms with Gasteiger partial charge in [-0.25, -0.2) is 4.39 Å². The number of pyridine rings is 1. The summed E-state index contributed by atoms with van der Waals surface area (Å²) in [6.07, 6.45) is 1.56. The Bertz CT molecular complexity index is 648. The summed E-state index contributed by atoms with van der Waals surface area (Å²) in [4.78, 5) is 3.98. The smallest absolute Gasteiger partial charge is 0.188 e. The van der Waals surface area contributed by atoms with Gasteiger partial charge in [0.15, 0.2) is 5.84 Å². The molecular formula is C13H12BrFN4O. The highest BCUT2D eigenvalue weighted by atomic mass is 79.9. The van der Waals surface area contributed by atoms with Gasteiger partial charge in [0, 0.05) is 17.2 Å². The molecule has 0 saturated heterocycles. The van der Waals surface area contributed by atoms with Crippen LogP contribution in [0.1, 0.15) is 11.3 Å². The van der Waals surface area contributed by atoms with Crippen molar-refractivity contribution >= 4 is 27.5 Å². The number of hydrogen-bond acceptors (Lipinski definition) is 4. The van der Waals surface area contributed by atoms with Gasteiger partial charge in [-0.2, -0.15) is 0 Å². The highest BCUT2D eigenvalue weighted by molar-refractivity contribution is 9.10. The molecule has 0 unspecified atom stereocenters. The number of anilines is 1. The lowest BCUT2D eigenvalue weighted by molar-refractivity contribution is 0.318. The summed E-state index contributed by atoms with van der Waals surface area (Å²) in [5, 5.41) is 14.6. The molecule has 0 spiro atoms. The van der Waals surface area contributed by atoms with Gasteiger partial charge in [-0.15, -0.1) is 0 Å². The van der Waals surface area contributed by atoms with Crippen molar-refractivity contribution in [3.63, 3.8) is 0 Å². The second-order valence-corrected chi connectivity index (χ2v) is 4.87. The summed E-state index contributed by atoms with van der Waals surface area (Å²) in [5.41, 5.74) is 7.37. The molecule has 0 saturated carbocycles. The molecule has 0 aliphatic carbocycles. The Morgan fingerprint density at radius 1 is 1.40 bits per heavy atom. The average molecular weight is 339 g/mol. The topological polar surface area (TPSA) is 83.5 Å². The molecule has 0 radical (unpaired) electrons.